The second-order valence-electron chi connectivity index (χ2n) is 3.22. The summed E-state index contributed by atoms with van der Waals surface area (Å²) in [5.41, 5.74) is 8.04. The number of aryl methyl sites for hydroxylation is 1. The van der Waals surface area contributed by atoms with Crippen LogP contribution in [0.3, 0.4) is 0 Å². The maximum absolute atomic E-state index is 5.63. The van der Waals surface area contributed by atoms with E-state index in [1.54, 1.807) is 11.3 Å². The van der Waals surface area contributed by atoms with Crippen LogP contribution >= 0.6 is 11.3 Å². The highest BCUT2D eigenvalue weighted by atomic mass is 32.1. The van der Waals surface area contributed by atoms with Gasteiger partial charge in [0.25, 0.3) is 0 Å². The van der Waals surface area contributed by atoms with E-state index in [2.05, 4.69) is 26.4 Å². The molecular formula is C10H13N3S. The Bertz CT molecular complexity index is 403. The highest BCUT2D eigenvalue weighted by Gasteiger charge is 2.05. The zero-order valence-electron chi connectivity index (χ0n) is 8.10. The minimum absolute atomic E-state index is 0.547. The molecule has 2 heterocycles. The van der Waals surface area contributed by atoms with Crippen LogP contribution in [0, 0.1) is 6.92 Å². The molecule has 0 saturated carbocycles. The van der Waals surface area contributed by atoms with Crippen molar-refractivity contribution >= 4 is 11.3 Å². The Morgan fingerprint density at radius 3 is 3.07 bits per heavy atom. The molecule has 2 N–H and O–H groups in total. The lowest BCUT2D eigenvalue weighted by Gasteiger charge is -2.07. The van der Waals surface area contributed by atoms with Crippen molar-refractivity contribution < 1.29 is 0 Å². The molecule has 0 aliphatic rings. The molecule has 0 fully saturated rings. The summed E-state index contributed by atoms with van der Waals surface area (Å²) in [6.45, 7) is 3.43. The Morgan fingerprint density at radius 2 is 2.43 bits per heavy atom. The fourth-order valence-corrected chi connectivity index (χ4v) is 2.12. The molecule has 0 aliphatic heterocycles. The fourth-order valence-electron chi connectivity index (χ4n) is 1.46. The molecule has 4 heteroatoms. The second kappa shape index (κ2) is 3.94. The Hall–Kier alpha value is -1.13. The van der Waals surface area contributed by atoms with Crippen molar-refractivity contribution in [3.63, 3.8) is 0 Å². The summed E-state index contributed by atoms with van der Waals surface area (Å²) >= 11 is 1.72. The maximum Gasteiger partial charge on any atom is 0.106 e. The summed E-state index contributed by atoms with van der Waals surface area (Å²) in [7, 11) is 0. The number of hydrogen-bond acceptors (Lipinski definition) is 3. The summed E-state index contributed by atoms with van der Waals surface area (Å²) < 4.78 is 2.15. The fraction of sp³-hybridized carbons (Fsp3) is 0.300. The smallest absolute Gasteiger partial charge is 0.106 e. The third kappa shape index (κ3) is 1.71. The number of aromatic nitrogens is 2. The monoisotopic (exact) mass is 207 g/mol. The quantitative estimate of drug-likeness (QED) is 0.833. The summed E-state index contributed by atoms with van der Waals surface area (Å²) in [6.07, 6.45) is 1.85. The van der Waals surface area contributed by atoms with Gasteiger partial charge in [0.1, 0.15) is 5.82 Å². The third-order valence-electron chi connectivity index (χ3n) is 2.27. The van der Waals surface area contributed by atoms with Crippen LogP contribution in [0.4, 0.5) is 0 Å². The van der Waals surface area contributed by atoms with Crippen LogP contribution in [0.15, 0.2) is 23.0 Å². The van der Waals surface area contributed by atoms with Crippen LogP contribution < -0.4 is 5.73 Å². The molecule has 0 bridgehead atoms. The van der Waals surface area contributed by atoms with Crippen molar-refractivity contribution in [2.45, 2.75) is 20.0 Å². The average Bonchev–Trinajstić information content (AvgIpc) is 2.79. The average molecular weight is 207 g/mol. The van der Waals surface area contributed by atoms with Gasteiger partial charge < -0.3 is 10.3 Å². The number of thiophene rings is 1. The first-order valence-corrected chi connectivity index (χ1v) is 5.47. The van der Waals surface area contributed by atoms with E-state index in [0.717, 1.165) is 18.1 Å². The van der Waals surface area contributed by atoms with E-state index in [4.69, 9.17) is 5.73 Å². The minimum atomic E-state index is 0.547. The van der Waals surface area contributed by atoms with Crippen LogP contribution in [0.25, 0.3) is 0 Å². The lowest BCUT2D eigenvalue weighted by Crippen LogP contribution is -2.09. The first-order valence-electron chi connectivity index (χ1n) is 4.53. The molecule has 0 unspecified atom stereocenters. The molecule has 74 valence electrons. The van der Waals surface area contributed by atoms with Gasteiger partial charge in [0.2, 0.25) is 0 Å². The van der Waals surface area contributed by atoms with Crippen LogP contribution in [0.2, 0.25) is 0 Å². The van der Waals surface area contributed by atoms with Gasteiger partial charge in [0.05, 0.1) is 5.69 Å². The molecule has 0 saturated heterocycles. The van der Waals surface area contributed by atoms with Crippen molar-refractivity contribution in [1.82, 2.24) is 9.55 Å². The van der Waals surface area contributed by atoms with Crippen molar-refractivity contribution in [3.05, 3.63) is 40.1 Å². The summed E-state index contributed by atoms with van der Waals surface area (Å²) in [5.74, 6) is 1.02. The van der Waals surface area contributed by atoms with Gasteiger partial charge in [0, 0.05) is 19.3 Å². The van der Waals surface area contributed by atoms with E-state index in [-0.39, 0.29) is 0 Å². The van der Waals surface area contributed by atoms with E-state index < -0.39 is 0 Å². The molecule has 0 amide bonds. The molecular weight excluding hydrogens is 194 g/mol. The molecule has 0 aromatic carbocycles. The number of imidazole rings is 1. The molecule has 2 rings (SSSR count). The van der Waals surface area contributed by atoms with Crippen LogP contribution in [-0.2, 0) is 13.1 Å². The van der Waals surface area contributed by atoms with E-state index in [1.807, 2.05) is 13.1 Å². The predicted octanol–water partition coefficient (Wildman–Crippen LogP) is 1.76. The van der Waals surface area contributed by atoms with Gasteiger partial charge in [-0.1, -0.05) is 0 Å². The highest BCUT2D eigenvalue weighted by molar-refractivity contribution is 7.07. The number of rotatable bonds is 3. The van der Waals surface area contributed by atoms with Gasteiger partial charge >= 0.3 is 0 Å². The standard InChI is InChI=1S/C10H13N3S/c1-8-12-5-10(4-11)13(8)6-9-2-3-14-7-9/h2-3,5,7H,4,6,11H2,1H3. The summed E-state index contributed by atoms with van der Waals surface area (Å²) in [5, 5.41) is 4.24. The zero-order valence-corrected chi connectivity index (χ0v) is 8.92. The van der Waals surface area contributed by atoms with Crippen LogP contribution in [0.5, 0.6) is 0 Å². The molecule has 14 heavy (non-hydrogen) atoms. The topological polar surface area (TPSA) is 43.8 Å². The van der Waals surface area contributed by atoms with Gasteiger partial charge in [-0.15, -0.1) is 0 Å². The molecule has 0 aliphatic carbocycles. The summed E-state index contributed by atoms with van der Waals surface area (Å²) in [6, 6.07) is 2.13. The Morgan fingerprint density at radius 1 is 1.57 bits per heavy atom. The Labute approximate surface area is 87.2 Å². The van der Waals surface area contributed by atoms with Gasteiger partial charge in [-0.3, -0.25) is 0 Å². The van der Waals surface area contributed by atoms with Crippen LogP contribution in [-0.4, -0.2) is 9.55 Å². The van der Waals surface area contributed by atoms with Gasteiger partial charge in [-0.2, -0.15) is 11.3 Å². The first-order chi connectivity index (χ1) is 6.81. The van der Waals surface area contributed by atoms with E-state index in [1.165, 1.54) is 5.56 Å². The van der Waals surface area contributed by atoms with E-state index >= 15 is 0 Å². The van der Waals surface area contributed by atoms with Crippen molar-refractivity contribution in [3.8, 4) is 0 Å². The minimum Gasteiger partial charge on any atom is -0.327 e. The normalized spacial score (nSPS) is 10.7. The van der Waals surface area contributed by atoms with Crippen molar-refractivity contribution in [1.29, 1.82) is 0 Å². The molecule has 2 aromatic rings. The largest absolute Gasteiger partial charge is 0.327 e. The van der Waals surface area contributed by atoms with Gasteiger partial charge in [-0.05, 0) is 29.3 Å². The maximum atomic E-state index is 5.63. The Kier molecular flexibility index (Phi) is 2.65. The number of nitrogens with zero attached hydrogens (tertiary/aromatic N) is 2. The van der Waals surface area contributed by atoms with Gasteiger partial charge in [-0.25, -0.2) is 4.98 Å². The molecule has 3 nitrogen and oxygen atoms in total. The van der Waals surface area contributed by atoms with E-state index in [9.17, 15) is 0 Å². The summed E-state index contributed by atoms with van der Waals surface area (Å²) in [4.78, 5) is 4.25. The Balaban J connectivity index is 2.27. The van der Waals surface area contributed by atoms with Crippen LogP contribution in [0.1, 0.15) is 17.1 Å². The van der Waals surface area contributed by atoms with Gasteiger partial charge in [0.15, 0.2) is 0 Å². The third-order valence-corrected chi connectivity index (χ3v) is 3.00. The molecule has 0 spiro atoms. The molecule has 0 radical (unpaired) electrons. The molecule has 2 aromatic heterocycles. The predicted molar refractivity (Wildman–Crippen MR) is 58.3 cm³/mol. The zero-order chi connectivity index (χ0) is 9.97. The lowest BCUT2D eigenvalue weighted by atomic mass is 10.3. The first kappa shape index (κ1) is 9.43. The second-order valence-corrected chi connectivity index (χ2v) is 4.00. The SMILES string of the molecule is Cc1ncc(CN)n1Cc1ccsc1. The van der Waals surface area contributed by atoms with E-state index in [0.29, 0.717) is 6.54 Å². The highest BCUT2D eigenvalue weighted by Crippen LogP contribution is 2.11. The number of nitrogens with two attached hydrogens (primary N) is 1. The van der Waals surface area contributed by atoms with Crippen molar-refractivity contribution in [2.24, 2.45) is 5.73 Å². The van der Waals surface area contributed by atoms with Crippen molar-refractivity contribution in [2.75, 3.05) is 0 Å². The number of hydrogen-bond donors (Lipinski definition) is 1. The lowest BCUT2D eigenvalue weighted by molar-refractivity contribution is 0.715. The molecule has 0 atom stereocenters.